The van der Waals surface area contributed by atoms with Crippen LogP contribution in [0.1, 0.15) is 26.7 Å². The standard InChI is InChI=1S/C16H25N2O/c1-14(2)12-18-10-8-16(13-19,9-11-18)17-15-6-4-3-5-7-15/h3-7,17,19H,8-13H2,1-2H3. The molecule has 0 saturated carbocycles. The van der Waals surface area contributed by atoms with Crippen molar-refractivity contribution >= 4 is 5.69 Å². The number of nitrogens with zero attached hydrogens (tertiary/aromatic N) is 1. The number of aliphatic hydroxyl groups excluding tert-OH is 1. The first-order valence-corrected chi connectivity index (χ1v) is 7.09. The van der Waals surface area contributed by atoms with Crippen LogP contribution in [-0.2, 0) is 0 Å². The van der Waals surface area contributed by atoms with Gasteiger partial charge in [-0.15, -0.1) is 0 Å². The second-order valence-electron chi connectivity index (χ2n) is 5.91. The minimum absolute atomic E-state index is 0.153. The van der Waals surface area contributed by atoms with E-state index in [1.165, 1.54) is 5.92 Å². The number of para-hydroxylation sites is 1. The number of benzene rings is 1. The molecule has 19 heavy (non-hydrogen) atoms. The highest BCUT2D eigenvalue weighted by molar-refractivity contribution is 5.45. The molecule has 0 bridgehead atoms. The summed E-state index contributed by atoms with van der Waals surface area (Å²) in [6.45, 7) is 7.72. The van der Waals surface area contributed by atoms with E-state index in [0.29, 0.717) is 0 Å². The Hall–Kier alpha value is -1.06. The molecule has 0 unspecified atom stereocenters. The molecule has 2 rings (SSSR count). The van der Waals surface area contributed by atoms with E-state index in [4.69, 9.17) is 0 Å². The summed E-state index contributed by atoms with van der Waals surface area (Å²) >= 11 is 0. The van der Waals surface area contributed by atoms with Crippen LogP contribution < -0.4 is 5.32 Å². The lowest BCUT2D eigenvalue weighted by Crippen LogP contribution is -2.52. The van der Waals surface area contributed by atoms with Crippen LogP contribution in [0.2, 0.25) is 0 Å². The minimum Gasteiger partial charge on any atom is -0.394 e. The SMILES string of the molecule is C[C](C)CN1CCC(CO)(Nc2ccccc2)CC1. The van der Waals surface area contributed by atoms with Gasteiger partial charge >= 0.3 is 0 Å². The largest absolute Gasteiger partial charge is 0.394 e. The van der Waals surface area contributed by atoms with E-state index in [1.54, 1.807) is 0 Å². The Morgan fingerprint density at radius 3 is 2.37 bits per heavy atom. The summed E-state index contributed by atoms with van der Waals surface area (Å²) in [5.74, 6) is 1.45. The third-order valence-electron chi connectivity index (χ3n) is 3.84. The number of hydrogen-bond donors (Lipinski definition) is 2. The number of rotatable bonds is 5. The van der Waals surface area contributed by atoms with Gasteiger partial charge in [0.25, 0.3) is 0 Å². The summed E-state index contributed by atoms with van der Waals surface area (Å²) in [6, 6.07) is 10.2. The van der Waals surface area contributed by atoms with E-state index < -0.39 is 0 Å². The quantitative estimate of drug-likeness (QED) is 0.855. The average molecular weight is 261 g/mol. The summed E-state index contributed by atoms with van der Waals surface area (Å²) < 4.78 is 0. The molecule has 1 radical (unpaired) electrons. The van der Waals surface area contributed by atoms with Gasteiger partial charge in [-0.25, -0.2) is 0 Å². The molecule has 0 amide bonds. The summed E-state index contributed by atoms with van der Waals surface area (Å²) in [4.78, 5) is 2.47. The first-order chi connectivity index (χ1) is 9.13. The fourth-order valence-electron chi connectivity index (χ4n) is 2.74. The molecular weight excluding hydrogens is 236 g/mol. The van der Waals surface area contributed by atoms with Crippen molar-refractivity contribution in [1.82, 2.24) is 4.90 Å². The zero-order chi connectivity index (χ0) is 13.7. The maximum Gasteiger partial charge on any atom is 0.0662 e. The maximum atomic E-state index is 9.78. The molecule has 105 valence electrons. The van der Waals surface area contributed by atoms with Crippen molar-refractivity contribution in [2.75, 3.05) is 31.6 Å². The van der Waals surface area contributed by atoms with Crippen LogP contribution in [0.3, 0.4) is 0 Å². The average Bonchev–Trinajstić information content (AvgIpc) is 2.42. The van der Waals surface area contributed by atoms with Crippen LogP contribution in [-0.4, -0.2) is 41.8 Å². The molecule has 2 N–H and O–H groups in total. The monoisotopic (exact) mass is 261 g/mol. The lowest BCUT2D eigenvalue weighted by atomic mass is 9.87. The molecule has 1 aliphatic heterocycles. The molecule has 0 aromatic heterocycles. The Bertz CT molecular complexity index is 370. The molecule has 3 heteroatoms. The van der Waals surface area contributed by atoms with E-state index in [2.05, 4.69) is 36.2 Å². The molecule has 0 aliphatic carbocycles. The first kappa shape index (κ1) is 14.4. The summed E-state index contributed by atoms with van der Waals surface area (Å²) in [7, 11) is 0. The lowest BCUT2D eigenvalue weighted by Gasteiger charge is -2.42. The van der Waals surface area contributed by atoms with Gasteiger partial charge in [0.1, 0.15) is 0 Å². The molecule has 1 aromatic carbocycles. The zero-order valence-electron chi connectivity index (χ0n) is 12.0. The predicted molar refractivity (Wildman–Crippen MR) is 80.1 cm³/mol. The van der Waals surface area contributed by atoms with Gasteiger partial charge in [0, 0.05) is 25.3 Å². The van der Waals surface area contributed by atoms with Crippen molar-refractivity contribution in [2.24, 2.45) is 0 Å². The number of anilines is 1. The molecule has 1 aromatic rings. The molecular formula is C16H25N2O. The highest BCUT2D eigenvalue weighted by Crippen LogP contribution is 2.27. The minimum atomic E-state index is -0.153. The molecule has 1 aliphatic rings. The molecule has 1 fully saturated rings. The third kappa shape index (κ3) is 3.95. The van der Waals surface area contributed by atoms with Gasteiger partial charge in [0.2, 0.25) is 0 Å². The van der Waals surface area contributed by atoms with Crippen molar-refractivity contribution in [3.05, 3.63) is 36.2 Å². The van der Waals surface area contributed by atoms with Crippen molar-refractivity contribution in [1.29, 1.82) is 0 Å². The molecule has 0 spiro atoms. The Balaban J connectivity index is 1.94. The fourth-order valence-corrected chi connectivity index (χ4v) is 2.74. The third-order valence-corrected chi connectivity index (χ3v) is 3.84. The highest BCUT2D eigenvalue weighted by atomic mass is 16.3. The zero-order valence-corrected chi connectivity index (χ0v) is 12.0. The van der Waals surface area contributed by atoms with Crippen molar-refractivity contribution < 1.29 is 5.11 Å². The smallest absolute Gasteiger partial charge is 0.0662 e. The number of hydrogen-bond acceptors (Lipinski definition) is 3. The summed E-state index contributed by atoms with van der Waals surface area (Å²) in [5.41, 5.74) is 0.947. The first-order valence-electron chi connectivity index (χ1n) is 7.09. The maximum absolute atomic E-state index is 9.78. The van der Waals surface area contributed by atoms with Gasteiger partial charge in [-0.2, -0.15) is 0 Å². The molecule has 3 nitrogen and oxygen atoms in total. The van der Waals surface area contributed by atoms with Gasteiger partial charge in [0.05, 0.1) is 12.1 Å². The number of nitrogens with one attached hydrogen (secondary N) is 1. The number of likely N-dealkylation sites (tertiary alicyclic amines) is 1. The Kier molecular flexibility index (Phi) is 4.83. The van der Waals surface area contributed by atoms with Gasteiger partial charge in [0.15, 0.2) is 0 Å². The van der Waals surface area contributed by atoms with Crippen LogP contribution in [0.15, 0.2) is 30.3 Å². The van der Waals surface area contributed by atoms with Crippen LogP contribution in [0.4, 0.5) is 5.69 Å². The van der Waals surface area contributed by atoms with Crippen LogP contribution in [0.5, 0.6) is 0 Å². The van der Waals surface area contributed by atoms with E-state index in [1.807, 2.05) is 18.2 Å². The van der Waals surface area contributed by atoms with E-state index in [0.717, 1.165) is 38.2 Å². The second-order valence-corrected chi connectivity index (χ2v) is 5.91. The molecule has 1 heterocycles. The van der Waals surface area contributed by atoms with Crippen LogP contribution in [0.25, 0.3) is 0 Å². The van der Waals surface area contributed by atoms with Gasteiger partial charge < -0.3 is 15.3 Å². The number of piperidine rings is 1. The number of aliphatic hydroxyl groups is 1. The summed E-state index contributed by atoms with van der Waals surface area (Å²) in [5, 5.41) is 13.3. The van der Waals surface area contributed by atoms with Crippen LogP contribution >= 0.6 is 0 Å². The second kappa shape index (κ2) is 6.40. The summed E-state index contributed by atoms with van der Waals surface area (Å²) in [6.07, 6.45) is 1.98. The fraction of sp³-hybridized carbons (Fsp3) is 0.562. The lowest BCUT2D eigenvalue weighted by molar-refractivity contribution is 0.121. The van der Waals surface area contributed by atoms with Gasteiger partial charge in [-0.3, -0.25) is 0 Å². The van der Waals surface area contributed by atoms with E-state index in [-0.39, 0.29) is 12.1 Å². The van der Waals surface area contributed by atoms with Crippen molar-refractivity contribution in [2.45, 2.75) is 32.2 Å². The molecule has 1 saturated heterocycles. The van der Waals surface area contributed by atoms with Gasteiger partial charge in [-0.05, 0) is 30.9 Å². The van der Waals surface area contributed by atoms with E-state index >= 15 is 0 Å². The highest BCUT2D eigenvalue weighted by Gasteiger charge is 2.33. The normalized spacial score (nSPS) is 19.6. The van der Waals surface area contributed by atoms with Crippen LogP contribution in [0, 0.1) is 5.92 Å². The Morgan fingerprint density at radius 2 is 1.84 bits per heavy atom. The van der Waals surface area contributed by atoms with Gasteiger partial charge in [-0.1, -0.05) is 32.0 Å². The Morgan fingerprint density at radius 1 is 1.21 bits per heavy atom. The predicted octanol–water partition coefficient (Wildman–Crippen LogP) is 2.54. The topological polar surface area (TPSA) is 35.5 Å². The molecule has 0 atom stereocenters. The van der Waals surface area contributed by atoms with Crippen molar-refractivity contribution in [3.8, 4) is 0 Å². The Labute approximate surface area is 116 Å². The van der Waals surface area contributed by atoms with Crippen molar-refractivity contribution in [3.63, 3.8) is 0 Å². The van der Waals surface area contributed by atoms with E-state index in [9.17, 15) is 5.11 Å².